The third-order valence-corrected chi connectivity index (χ3v) is 4.13. The largest absolute Gasteiger partial charge is 0.379 e. The summed E-state index contributed by atoms with van der Waals surface area (Å²) in [5.41, 5.74) is 0. The molecule has 0 atom stereocenters. The van der Waals surface area contributed by atoms with E-state index in [-0.39, 0.29) is 19.2 Å². The summed E-state index contributed by atoms with van der Waals surface area (Å²) in [5.74, 6) is -0.727. The Morgan fingerprint density at radius 3 is 2.15 bits per heavy atom. The fourth-order valence-corrected chi connectivity index (χ4v) is 2.79. The fourth-order valence-electron chi connectivity index (χ4n) is 1.57. The van der Waals surface area contributed by atoms with E-state index in [1.165, 1.54) is 0 Å². The molecule has 0 aliphatic rings. The molecule has 6 heteroatoms. The lowest BCUT2D eigenvalue weighted by Gasteiger charge is -2.09. The molecule has 20 heavy (non-hydrogen) atoms. The van der Waals surface area contributed by atoms with Crippen LogP contribution in [0.25, 0.3) is 0 Å². The standard InChI is InChI=1S/C14H29NO4S.H2/c1-12(2)14(16)15-20(17,18)11-9-7-5-6-8-10-19-13(3)4;/h12-13H,5-11H2,1-4H3,(H,15,16);1H. The Morgan fingerprint density at radius 2 is 1.60 bits per heavy atom. The molecule has 1 amide bonds. The van der Waals surface area contributed by atoms with Gasteiger partial charge >= 0.3 is 0 Å². The minimum atomic E-state index is -3.46. The Kier molecular flexibility index (Phi) is 9.84. The average Bonchev–Trinajstić information content (AvgIpc) is 2.31. The molecule has 1 N–H and O–H groups in total. The molecular weight excluding hydrogens is 278 g/mol. The van der Waals surface area contributed by atoms with E-state index in [0.29, 0.717) is 6.42 Å². The quantitative estimate of drug-likeness (QED) is 0.596. The minimum Gasteiger partial charge on any atom is -0.379 e. The minimum absolute atomic E-state index is 0. The molecule has 0 rings (SSSR count). The second-order valence-corrected chi connectivity index (χ2v) is 7.47. The number of carbonyl (C=O) groups excluding carboxylic acids is 1. The number of unbranched alkanes of at least 4 members (excludes halogenated alkanes) is 4. The number of hydrogen-bond donors (Lipinski definition) is 1. The number of nitrogens with one attached hydrogen (secondary N) is 1. The Hall–Kier alpha value is -0.620. The van der Waals surface area contributed by atoms with Gasteiger partial charge in [-0.3, -0.25) is 9.52 Å². The maximum Gasteiger partial charge on any atom is 0.235 e. The Morgan fingerprint density at radius 1 is 1.05 bits per heavy atom. The molecule has 122 valence electrons. The van der Waals surface area contributed by atoms with Crippen molar-refractivity contribution in [2.24, 2.45) is 5.92 Å². The number of carbonyl (C=O) groups is 1. The molecule has 0 saturated heterocycles. The van der Waals surface area contributed by atoms with Crippen LogP contribution in [0.2, 0.25) is 0 Å². The third-order valence-electron chi connectivity index (χ3n) is 2.79. The van der Waals surface area contributed by atoms with Crippen LogP contribution >= 0.6 is 0 Å². The highest BCUT2D eigenvalue weighted by Crippen LogP contribution is 2.06. The first-order valence-electron chi connectivity index (χ1n) is 7.40. The number of amides is 1. The fraction of sp³-hybridized carbons (Fsp3) is 0.929. The van der Waals surface area contributed by atoms with Crippen LogP contribution in [0.3, 0.4) is 0 Å². The van der Waals surface area contributed by atoms with Gasteiger partial charge in [-0.25, -0.2) is 8.42 Å². The van der Waals surface area contributed by atoms with E-state index >= 15 is 0 Å². The smallest absolute Gasteiger partial charge is 0.235 e. The molecule has 0 aliphatic heterocycles. The molecular formula is C14H31NO4S. The zero-order valence-corrected chi connectivity index (χ0v) is 14.0. The van der Waals surface area contributed by atoms with E-state index < -0.39 is 15.9 Å². The summed E-state index contributed by atoms with van der Waals surface area (Å²) in [4.78, 5) is 11.3. The van der Waals surface area contributed by atoms with Crippen molar-refractivity contribution in [3.63, 3.8) is 0 Å². The third kappa shape index (κ3) is 11.2. The summed E-state index contributed by atoms with van der Waals surface area (Å²) in [6.45, 7) is 8.13. The maximum atomic E-state index is 11.6. The first kappa shape index (κ1) is 19.4. The van der Waals surface area contributed by atoms with E-state index in [1.54, 1.807) is 13.8 Å². The molecule has 0 radical (unpaired) electrons. The van der Waals surface area contributed by atoms with Gasteiger partial charge in [0.15, 0.2) is 0 Å². The Bertz CT molecular complexity index is 369. The van der Waals surface area contributed by atoms with Crippen molar-refractivity contribution < 1.29 is 19.4 Å². The van der Waals surface area contributed by atoms with Crippen LogP contribution in [0.4, 0.5) is 0 Å². The van der Waals surface area contributed by atoms with Gasteiger partial charge in [-0.15, -0.1) is 0 Å². The van der Waals surface area contributed by atoms with Crippen LogP contribution < -0.4 is 4.72 Å². The highest BCUT2D eigenvalue weighted by Gasteiger charge is 2.16. The average molecular weight is 309 g/mol. The zero-order valence-electron chi connectivity index (χ0n) is 13.1. The van der Waals surface area contributed by atoms with Crippen LogP contribution in [0.5, 0.6) is 0 Å². The van der Waals surface area contributed by atoms with Crippen LogP contribution in [0, 0.1) is 5.92 Å². The summed E-state index contributed by atoms with van der Waals surface area (Å²) < 4.78 is 30.7. The van der Waals surface area contributed by atoms with Crippen molar-refractivity contribution in [3.8, 4) is 0 Å². The summed E-state index contributed by atoms with van der Waals surface area (Å²) in [6, 6.07) is 0. The van der Waals surface area contributed by atoms with Crippen LogP contribution in [-0.4, -0.2) is 32.8 Å². The number of sulfonamides is 1. The topological polar surface area (TPSA) is 72.5 Å². The molecule has 0 spiro atoms. The van der Waals surface area contributed by atoms with Gasteiger partial charge in [-0.1, -0.05) is 33.1 Å². The van der Waals surface area contributed by atoms with E-state index in [1.807, 2.05) is 13.8 Å². The van der Waals surface area contributed by atoms with E-state index in [9.17, 15) is 13.2 Å². The van der Waals surface area contributed by atoms with E-state index in [0.717, 1.165) is 32.3 Å². The van der Waals surface area contributed by atoms with E-state index in [2.05, 4.69) is 4.72 Å². The predicted molar refractivity (Wildman–Crippen MR) is 83.1 cm³/mol. The highest BCUT2D eigenvalue weighted by atomic mass is 32.2. The maximum absolute atomic E-state index is 11.6. The van der Waals surface area contributed by atoms with Gasteiger partial charge in [-0.2, -0.15) is 0 Å². The molecule has 0 aliphatic carbocycles. The molecule has 0 saturated carbocycles. The molecule has 0 fully saturated rings. The van der Waals surface area contributed by atoms with Gasteiger partial charge in [0.1, 0.15) is 0 Å². The lowest BCUT2D eigenvalue weighted by molar-refractivity contribution is -0.122. The van der Waals surface area contributed by atoms with Gasteiger partial charge in [-0.05, 0) is 26.7 Å². The second-order valence-electron chi connectivity index (χ2n) is 5.63. The van der Waals surface area contributed by atoms with Crippen molar-refractivity contribution in [3.05, 3.63) is 0 Å². The molecule has 0 unspecified atom stereocenters. The Balaban J connectivity index is 0. The first-order valence-corrected chi connectivity index (χ1v) is 9.05. The van der Waals surface area contributed by atoms with Gasteiger partial charge < -0.3 is 4.74 Å². The second kappa shape index (κ2) is 10.2. The molecule has 0 aromatic heterocycles. The number of hydrogen-bond acceptors (Lipinski definition) is 4. The molecule has 0 aromatic rings. The van der Waals surface area contributed by atoms with Crippen LogP contribution in [-0.2, 0) is 19.6 Å². The summed E-state index contributed by atoms with van der Waals surface area (Å²) in [7, 11) is -3.46. The number of ether oxygens (including phenoxy) is 1. The van der Waals surface area contributed by atoms with Gasteiger partial charge in [0, 0.05) is 14.0 Å². The van der Waals surface area contributed by atoms with Crippen LogP contribution in [0.1, 0.15) is 61.2 Å². The Labute approximate surface area is 125 Å². The molecule has 5 nitrogen and oxygen atoms in total. The molecule has 0 bridgehead atoms. The molecule has 0 heterocycles. The van der Waals surface area contributed by atoms with Crippen molar-refractivity contribution in [1.82, 2.24) is 4.72 Å². The SMILES string of the molecule is CC(C)OCCCCCCCS(=O)(=O)NC(=O)C(C)C.[HH]. The van der Waals surface area contributed by atoms with Crippen molar-refractivity contribution in [2.75, 3.05) is 12.4 Å². The van der Waals surface area contributed by atoms with Crippen LogP contribution in [0.15, 0.2) is 0 Å². The normalized spacial score (nSPS) is 12.1. The van der Waals surface area contributed by atoms with E-state index in [4.69, 9.17) is 4.74 Å². The zero-order chi connectivity index (χ0) is 15.6. The monoisotopic (exact) mass is 309 g/mol. The van der Waals surface area contributed by atoms with Crippen molar-refractivity contribution in [1.29, 1.82) is 0 Å². The predicted octanol–water partition coefficient (Wildman–Crippen LogP) is 2.71. The lowest BCUT2D eigenvalue weighted by Crippen LogP contribution is -2.35. The van der Waals surface area contributed by atoms with Crippen molar-refractivity contribution >= 4 is 15.9 Å². The van der Waals surface area contributed by atoms with Gasteiger partial charge in [0.05, 0.1) is 11.9 Å². The summed E-state index contributed by atoms with van der Waals surface area (Å²) >= 11 is 0. The first-order chi connectivity index (χ1) is 9.24. The number of rotatable bonds is 11. The summed E-state index contributed by atoms with van der Waals surface area (Å²) in [5, 5.41) is 0. The molecule has 0 aromatic carbocycles. The highest BCUT2D eigenvalue weighted by molar-refractivity contribution is 7.90. The van der Waals surface area contributed by atoms with Gasteiger partial charge in [0.2, 0.25) is 15.9 Å². The van der Waals surface area contributed by atoms with Gasteiger partial charge in [0.25, 0.3) is 0 Å². The van der Waals surface area contributed by atoms with Crippen molar-refractivity contribution in [2.45, 2.75) is 65.9 Å². The summed E-state index contributed by atoms with van der Waals surface area (Å²) in [6.07, 6.45) is 4.77. The lowest BCUT2D eigenvalue weighted by atomic mass is 10.2.